The minimum Gasteiger partial charge on any atom is -0.316 e. The summed E-state index contributed by atoms with van der Waals surface area (Å²) in [7, 11) is 2.38. The molecule has 3 fully saturated rings. The monoisotopic (exact) mass is 250 g/mol. The van der Waals surface area contributed by atoms with Crippen LogP contribution in [0.4, 0.5) is 0 Å². The molecule has 0 aromatic heterocycles. The quantitative estimate of drug-likeness (QED) is 0.825. The highest BCUT2D eigenvalue weighted by molar-refractivity contribution is 4.88. The van der Waals surface area contributed by atoms with Gasteiger partial charge in [0.1, 0.15) is 0 Å². The lowest BCUT2D eigenvalue weighted by atomic mass is 9.82. The number of hydrogen-bond acceptors (Lipinski definition) is 2. The van der Waals surface area contributed by atoms with E-state index in [0.717, 1.165) is 23.8 Å². The number of piperidine rings is 1. The predicted octanol–water partition coefficient (Wildman–Crippen LogP) is 2.89. The van der Waals surface area contributed by atoms with Crippen LogP contribution in [0.2, 0.25) is 0 Å². The maximum atomic E-state index is 3.55. The highest BCUT2D eigenvalue weighted by Gasteiger charge is 2.35. The first-order valence-electron chi connectivity index (χ1n) is 8.24. The highest BCUT2D eigenvalue weighted by Crippen LogP contribution is 2.44. The molecule has 2 saturated carbocycles. The second-order valence-corrected chi connectivity index (χ2v) is 7.07. The Bertz CT molecular complexity index is 256. The van der Waals surface area contributed by atoms with Crippen LogP contribution in [0, 0.1) is 17.8 Å². The molecule has 1 aliphatic heterocycles. The van der Waals surface area contributed by atoms with Gasteiger partial charge in [-0.3, -0.25) is 0 Å². The summed E-state index contributed by atoms with van der Waals surface area (Å²) in [5.74, 6) is 3.11. The fraction of sp³-hybridized carbons (Fsp3) is 1.00. The van der Waals surface area contributed by atoms with Gasteiger partial charge in [0.15, 0.2) is 0 Å². The minimum absolute atomic E-state index is 0.895. The fourth-order valence-electron chi connectivity index (χ4n) is 4.23. The van der Waals surface area contributed by atoms with Crippen molar-refractivity contribution in [3.05, 3.63) is 0 Å². The van der Waals surface area contributed by atoms with Crippen LogP contribution in [0.1, 0.15) is 51.4 Å². The predicted molar refractivity (Wildman–Crippen MR) is 76.7 cm³/mol. The summed E-state index contributed by atoms with van der Waals surface area (Å²) < 4.78 is 0. The normalized spacial score (nSPS) is 38.0. The minimum atomic E-state index is 0.895. The van der Waals surface area contributed by atoms with E-state index in [2.05, 4.69) is 17.3 Å². The Morgan fingerprint density at radius 1 is 1.00 bits per heavy atom. The number of hydrogen-bond donors (Lipinski definition) is 1. The summed E-state index contributed by atoms with van der Waals surface area (Å²) in [6, 6.07) is 0.895. The first kappa shape index (κ1) is 12.9. The van der Waals surface area contributed by atoms with Crippen molar-refractivity contribution in [3.8, 4) is 0 Å². The largest absolute Gasteiger partial charge is 0.316 e. The molecular weight excluding hydrogens is 220 g/mol. The zero-order valence-corrected chi connectivity index (χ0v) is 12.0. The molecule has 1 N–H and O–H groups in total. The van der Waals surface area contributed by atoms with Gasteiger partial charge < -0.3 is 10.2 Å². The molecule has 3 aliphatic rings. The average Bonchev–Trinajstić information content (AvgIpc) is 3.24. The molecule has 2 heteroatoms. The van der Waals surface area contributed by atoms with Crippen molar-refractivity contribution < 1.29 is 0 Å². The molecule has 1 saturated heterocycles. The van der Waals surface area contributed by atoms with Gasteiger partial charge >= 0.3 is 0 Å². The van der Waals surface area contributed by atoms with Crippen LogP contribution in [-0.2, 0) is 0 Å². The molecule has 104 valence electrons. The van der Waals surface area contributed by atoms with Crippen molar-refractivity contribution in [2.45, 2.75) is 57.4 Å². The molecule has 0 aromatic rings. The summed E-state index contributed by atoms with van der Waals surface area (Å²) in [6.45, 7) is 3.82. The van der Waals surface area contributed by atoms with E-state index < -0.39 is 0 Å². The number of nitrogens with one attached hydrogen (secondary N) is 1. The van der Waals surface area contributed by atoms with E-state index in [4.69, 9.17) is 0 Å². The van der Waals surface area contributed by atoms with Gasteiger partial charge in [-0.2, -0.15) is 0 Å². The van der Waals surface area contributed by atoms with Crippen molar-refractivity contribution in [1.29, 1.82) is 0 Å². The zero-order valence-electron chi connectivity index (χ0n) is 12.0. The van der Waals surface area contributed by atoms with Crippen LogP contribution in [0.25, 0.3) is 0 Å². The van der Waals surface area contributed by atoms with Crippen LogP contribution in [0.3, 0.4) is 0 Å². The Balaban J connectivity index is 1.46. The van der Waals surface area contributed by atoms with Crippen LogP contribution >= 0.6 is 0 Å². The van der Waals surface area contributed by atoms with E-state index in [-0.39, 0.29) is 0 Å². The van der Waals surface area contributed by atoms with Crippen LogP contribution in [0.15, 0.2) is 0 Å². The molecule has 3 unspecified atom stereocenters. The second-order valence-electron chi connectivity index (χ2n) is 7.07. The highest BCUT2D eigenvalue weighted by atomic mass is 15.1. The van der Waals surface area contributed by atoms with E-state index in [1.165, 1.54) is 71.0 Å². The fourth-order valence-corrected chi connectivity index (χ4v) is 4.23. The second kappa shape index (κ2) is 5.92. The topological polar surface area (TPSA) is 15.3 Å². The molecule has 0 radical (unpaired) electrons. The van der Waals surface area contributed by atoms with Crippen LogP contribution in [0.5, 0.6) is 0 Å². The van der Waals surface area contributed by atoms with Crippen molar-refractivity contribution >= 4 is 0 Å². The Morgan fingerprint density at radius 2 is 1.89 bits per heavy atom. The van der Waals surface area contributed by atoms with Gasteiger partial charge in [-0.25, -0.2) is 0 Å². The molecule has 0 spiro atoms. The van der Waals surface area contributed by atoms with Crippen molar-refractivity contribution in [2.75, 3.05) is 26.7 Å². The standard InChI is InChI=1S/C16H30N2/c1-18(12-13-4-3-9-17-11-13)16-6-2-5-15(10-16)14-7-8-14/h13-17H,2-12H2,1H3. The van der Waals surface area contributed by atoms with Gasteiger partial charge in [0, 0.05) is 12.6 Å². The van der Waals surface area contributed by atoms with Gasteiger partial charge in [-0.05, 0) is 76.4 Å². The van der Waals surface area contributed by atoms with Gasteiger partial charge in [-0.15, -0.1) is 0 Å². The number of rotatable bonds is 4. The zero-order chi connectivity index (χ0) is 12.4. The Hall–Kier alpha value is -0.0800. The summed E-state index contributed by atoms with van der Waals surface area (Å²) in [6.07, 6.45) is 11.9. The van der Waals surface area contributed by atoms with Gasteiger partial charge in [-0.1, -0.05) is 12.8 Å². The SMILES string of the molecule is CN(CC1CCCNC1)C1CCCC(C2CC2)C1. The summed E-state index contributed by atoms with van der Waals surface area (Å²) in [5, 5.41) is 3.55. The van der Waals surface area contributed by atoms with Crippen LogP contribution < -0.4 is 5.32 Å². The molecule has 2 aliphatic carbocycles. The number of nitrogens with zero attached hydrogens (tertiary/aromatic N) is 1. The lowest BCUT2D eigenvalue weighted by Gasteiger charge is -2.38. The van der Waals surface area contributed by atoms with E-state index in [1.54, 1.807) is 0 Å². The van der Waals surface area contributed by atoms with E-state index in [9.17, 15) is 0 Å². The van der Waals surface area contributed by atoms with Gasteiger partial charge in [0.2, 0.25) is 0 Å². The van der Waals surface area contributed by atoms with Crippen LogP contribution in [-0.4, -0.2) is 37.6 Å². The summed E-state index contributed by atoms with van der Waals surface area (Å²) >= 11 is 0. The molecule has 0 amide bonds. The Morgan fingerprint density at radius 3 is 2.61 bits per heavy atom. The lowest BCUT2D eigenvalue weighted by molar-refractivity contribution is 0.124. The molecule has 18 heavy (non-hydrogen) atoms. The first-order valence-corrected chi connectivity index (χ1v) is 8.24. The maximum absolute atomic E-state index is 3.55. The molecule has 2 nitrogen and oxygen atoms in total. The molecule has 3 atom stereocenters. The average molecular weight is 250 g/mol. The van der Waals surface area contributed by atoms with Crippen molar-refractivity contribution in [2.24, 2.45) is 17.8 Å². The van der Waals surface area contributed by atoms with Gasteiger partial charge in [0.05, 0.1) is 0 Å². The molecule has 1 heterocycles. The first-order chi connectivity index (χ1) is 8.83. The Labute approximate surface area is 113 Å². The molecule has 0 bridgehead atoms. The van der Waals surface area contributed by atoms with E-state index in [0.29, 0.717) is 0 Å². The molecule has 0 aromatic carbocycles. The smallest absolute Gasteiger partial charge is 0.00950 e. The van der Waals surface area contributed by atoms with Gasteiger partial charge in [0.25, 0.3) is 0 Å². The maximum Gasteiger partial charge on any atom is 0.00950 e. The summed E-state index contributed by atoms with van der Waals surface area (Å²) in [4.78, 5) is 2.70. The third-order valence-corrected chi connectivity index (χ3v) is 5.54. The third-order valence-electron chi connectivity index (χ3n) is 5.54. The lowest BCUT2D eigenvalue weighted by Crippen LogP contribution is -2.42. The van der Waals surface area contributed by atoms with Crippen molar-refractivity contribution in [1.82, 2.24) is 10.2 Å². The Kier molecular flexibility index (Phi) is 4.25. The van der Waals surface area contributed by atoms with Crippen molar-refractivity contribution in [3.63, 3.8) is 0 Å². The van der Waals surface area contributed by atoms with E-state index >= 15 is 0 Å². The third kappa shape index (κ3) is 3.27. The molecule has 3 rings (SSSR count). The van der Waals surface area contributed by atoms with E-state index in [1.807, 2.05) is 0 Å². The summed E-state index contributed by atoms with van der Waals surface area (Å²) in [5.41, 5.74) is 0. The molecular formula is C16H30N2.